The number of halogens is 1. The number of carbonyl (C=O) groups is 1. The van der Waals surface area contributed by atoms with Gasteiger partial charge in [0.25, 0.3) is 0 Å². The molecule has 1 aromatic heterocycles. The van der Waals surface area contributed by atoms with Crippen LogP contribution in [0.3, 0.4) is 0 Å². The standard InChI is InChI=1S/C13H14ClN3O/c1-13(2,15)12(18)17-11-6-9(14)5-8-7-16-4-3-10(8)11/h3-7H,15H2,1-2H3,(H,17,18). The van der Waals surface area contributed by atoms with Crippen LogP contribution >= 0.6 is 11.6 Å². The maximum Gasteiger partial charge on any atom is 0.243 e. The van der Waals surface area contributed by atoms with Crippen LogP contribution in [-0.2, 0) is 4.79 Å². The second-order valence-electron chi connectivity index (χ2n) is 4.73. The number of hydrogen-bond acceptors (Lipinski definition) is 3. The highest BCUT2D eigenvalue weighted by Crippen LogP contribution is 2.27. The van der Waals surface area contributed by atoms with Gasteiger partial charge in [-0.05, 0) is 32.0 Å². The zero-order chi connectivity index (χ0) is 13.3. The van der Waals surface area contributed by atoms with E-state index in [2.05, 4.69) is 10.3 Å². The van der Waals surface area contributed by atoms with Crippen molar-refractivity contribution in [3.8, 4) is 0 Å². The topological polar surface area (TPSA) is 68.0 Å². The number of pyridine rings is 1. The van der Waals surface area contributed by atoms with Gasteiger partial charge in [0.2, 0.25) is 5.91 Å². The number of anilines is 1. The van der Waals surface area contributed by atoms with Crippen molar-refractivity contribution in [1.29, 1.82) is 0 Å². The maximum atomic E-state index is 11.9. The zero-order valence-corrected chi connectivity index (χ0v) is 11.0. The molecule has 0 fully saturated rings. The highest BCUT2D eigenvalue weighted by molar-refractivity contribution is 6.32. The number of aromatic nitrogens is 1. The van der Waals surface area contributed by atoms with E-state index >= 15 is 0 Å². The predicted octanol–water partition coefficient (Wildman–Crippen LogP) is 2.56. The minimum absolute atomic E-state index is 0.261. The average Bonchev–Trinajstić information content (AvgIpc) is 2.27. The molecule has 3 N–H and O–H groups in total. The van der Waals surface area contributed by atoms with Crippen molar-refractivity contribution in [3.63, 3.8) is 0 Å². The van der Waals surface area contributed by atoms with Crippen molar-refractivity contribution in [2.45, 2.75) is 19.4 Å². The molecule has 1 amide bonds. The third-order valence-electron chi connectivity index (χ3n) is 2.55. The molecule has 0 aliphatic carbocycles. The Kier molecular flexibility index (Phi) is 3.24. The van der Waals surface area contributed by atoms with Crippen LogP contribution in [0.2, 0.25) is 5.02 Å². The minimum atomic E-state index is -0.943. The zero-order valence-electron chi connectivity index (χ0n) is 10.2. The lowest BCUT2D eigenvalue weighted by atomic mass is 10.1. The largest absolute Gasteiger partial charge is 0.324 e. The molecule has 0 bridgehead atoms. The molecule has 0 radical (unpaired) electrons. The lowest BCUT2D eigenvalue weighted by molar-refractivity contribution is -0.120. The minimum Gasteiger partial charge on any atom is -0.324 e. The van der Waals surface area contributed by atoms with Gasteiger partial charge >= 0.3 is 0 Å². The fourth-order valence-electron chi connectivity index (χ4n) is 1.56. The molecule has 0 saturated heterocycles. The SMILES string of the molecule is CC(C)(N)C(=O)Nc1cc(Cl)cc2cnccc12. The molecule has 1 aromatic carbocycles. The Hall–Kier alpha value is -1.65. The predicted molar refractivity (Wildman–Crippen MR) is 73.6 cm³/mol. The normalized spacial score (nSPS) is 11.6. The molecule has 2 aromatic rings. The van der Waals surface area contributed by atoms with E-state index in [0.29, 0.717) is 10.7 Å². The first-order valence-electron chi connectivity index (χ1n) is 5.51. The van der Waals surface area contributed by atoms with E-state index in [-0.39, 0.29) is 5.91 Å². The van der Waals surface area contributed by atoms with Gasteiger partial charge in [0.15, 0.2) is 0 Å². The van der Waals surface area contributed by atoms with Crippen LogP contribution in [-0.4, -0.2) is 16.4 Å². The molecular formula is C13H14ClN3O. The first-order chi connectivity index (χ1) is 8.38. The lowest BCUT2D eigenvalue weighted by Crippen LogP contribution is -2.45. The van der Waals surface area contributed by atoms with Gasteiger partial charge in [0.05, 0.1) is 11.2 Å². The van der Waals surface area contributed by atoms with E-state index in [1.54, 1.807) is 38.4 Å². The molecular weight excluding hydrogens is 250 g/mol. The van der Waals surface area contributed by atoms with E-state index in [1.165, 1.54) is 0 Å². The maximum absolute atomic E-state index is 11.9. The molecule has 0 unspecified atom stereocenters. The summed E-state index contributed by atoms with van der Waals surface area (Å²) in [6.45, 7) is 3.30. The molecule has 0 aliphatic heterocycles. The van der Waals surface area contributed by atoms with Gasteiger partial charge in [-0.15, -0.1) is 0 Å². The number of carbonyl (C=O) groups excluding carboxylic acids is 1. The quantitative estimate of drug-likeness (QED) is 0.875. The van der Waals surface area contributed by atoms with Gasteiger partial charge in [-0.25, -0.2) is 0 Å². The third kappa shape index (κ3) is 2.60. The number of amides is 1. The second kappa shape index (κ2) is 4.55. The van der Waals surface area contributed by atoms with E-state index in [4.69, 9.17) is 17.3 Å². The summed E-state index contributed by atoms with van der Waals surface area (Å²) in [6, 6.07) is 5.32. The van der Waals surface area contributed by atoms with Crippen molar-refractivity contribution in [1.82, 2.24) is 4.98 Å². The fourth-order valence-corrected chi connectivity index (χ4v) is 1.79. The first kappa shape index (κ1) is 12.8. The van der Waals surface area contributed by atoms with Gasteiger partial charge in [-0.2, -0.15) is 0 Å². The molecule has 1 heterocycles. The smallest absolute Gasteiger partial charge is 0.243 e. The summed E-state index contributed by atoms with van der Waals surface area (Å²) < 4.78 is 0. The Morgan fingerprint density at radius 2 is 2.17 bits per heavy atom. The van der Waals surface area contributed by atoms with Crippen molar-refractivity contribution in [2.75, 3.05) is 5.32 Å². The molecule has 0 aliphatic rings. The number of hydrogen-bond donors (Lipinski definition) is 2. The third-order valence-corrected chi connectivity index (χ3v) is 2.77. The molecule has 4 nitrogen and oxygen atoms in total. The highest BCUT2D eigenvalue weighted by Gasteiger charge is 2.22. The number of nitrogens with zero attached hydrogens (tertiary/aromatic N) is 1. The summed E-state index contributed by atoms with van der Waals surface area (Å²) in [7, 11) is 0. The molecule has 0 atom stereocenters. The molecule has 5 heteroatoms. The summed E-state index contributed by atoms with van der Waals surface area (Å²) in [4.78, 5) is 15.9. The highest BCUT2D eigenvalue weighted by atomic mass is 35.5. The van der Waals surface area contributed by atoms with Crippen LogP contribution in [0.1, 0.15) is 13.8 Å². The van der Waals surface area contributed by atoms with Crippen LogP contribution < -0.4 is 11.1 Å². The Morgan fingerprint density at radius 3 is 2.83 bits per heavy atom. The van der Waals surface area contributed by atoms with E-state index in [0.717, 1.165) is 10.8 Å². The Balaban J connectivity index is 2.48. The average molecular weight is 264 g/mol. The summed E-state index contributed by atoms with van der Waals surface area (Å²) in [5.74, 6) is -0.261. The van der Waals surface area contributed by atoms with E-state index in [1.807, 2.05) is 6.07 Å². The number of benzene rings is 1. The first-order valence-corrected chi connectivity index (χ1v) is 5.89. The lowest BCUT2D eigenvalue weighted by Gasteiger charge is -2.18. The van der Waals surface area contributed by atoms with Crippen molar-refractivity contribution >= 4 is 34.0 Å². The van der Waals surface area contributed by atoms with Gasteiger partial charge in [0, 0.05) is 28.2 Å². The Morgan fingerprint density at radius 1 is 1.44 bits per heavy atom. The summed E-state index contributed by atoms with van der Waals surface area (Å²) in [5, 5.41) is 5.08. The van der Waals surface area contributed by atoms with Gasteiger partial charge in [0.1, 0.15) is 0 Å². The number of fused-ring (bicyclic) bond motifs is 1. The number of nitrogens with two attached hydrogens (primary N) is 1. The Bertz CT molecular complexity index is 605. The summed E-state index contributed by atoms with van der Waals surface area (Å²) in [6.07, 6.45) is 3.37. The molecule has 0 spiro atoms. The van der Waals surface area contributed by atoms with Crippen molar-refractivity contribution < 1.29 is 4.79 Å². The van der Waals surface area contributed by atoms with Crippen LogP contribution in [0.5, 0.6) is 0 Å². The van der Waals surface area contributed by atoms with Crippen molar-refractivity contribution in [3.05, 3.63) is 35.6 Å². The summed E-state index contributed by atoms with van der Waals surface area (Å²) >= 11 is 6.01. The fraction of sp³-hybridized carbons (Fsp3) is 0.231. The Labute approximate surface area is 110 Å². The molecule has 0 saturated carbocycles. The monoisotopic (exact) mass is 263 g/mol. The van der Waals surface area contributed by atoms with Crippen LogP contribution in [0.15, 0.2) is 30.6 Å². The van der Waals surface area contributed by atoms with E-state index in [9.17, 15) is 4.79 Å². The second-order valence-corrected chi connectivity index (χ2v) is 5.16. The number of rotatable bonds is 2. The van der Waals surface area contributed by atoms with Crippen molar-refractivity contribution in [2.24, 2.45) is 5.73 Å². The number of nitrogens with one attached hydrogen (secondary N) is 1. The van der Waals surface area contributed by atoms with Crippen LogP contribution in [0.25, 0.3) is 10.8 Å². The van der Waals surface area contributed by atoms with Gasteiger partial charge in [-0.3, -0.25) is 9.78 Å². The van der Waals surface area contributed by atoms with E-state index < -0.39 is 5.54 Å². The molecule has 2 rings (SSSR count). The van der Waals surface area contributed by atoms with Crippen LogP contribution in [0.4, 0.5) is 5.69 Å². The summed E-state index contributed by atoms with van der Waals surface area (Å²) in [5.41, 5.74) is 5.45. The van der Waals surface area contributed by atoms with Crippen LogP contribution in [0, 0.1) is 0 Å². The molecule has 18 heavy (non-hydrogen) atoms. The molecule has 94 valence electrons. The van der Waals surface area contributed by atoms with Gasteiger partial charge in [-0.1, -0.05) is 11.6 Å². The van der Waals surface area contributed by atoms with Gasteiger partial charge < -0.3 is 11.1 Å².